The Morgan fingerprint density at radius 1 is 1.38 bits per heavy atom. The van der Waals surface area contributed by atoms with Crippen molar-refractivity contribution in [2.24, 2.45) is 4.99 Å². The van der Waals surface area contributed by atoms with E-state index in [-0.39, 0.29) is 35.9 Å². The van der Waals surface area contributed by atoms with Gasteiger partial charge in [-0.15, -0.1) is 24.0 Å². The molecule has 0 aromatic heterocycles. The maximum Gasteiger partial charge on any atom is 0.190 e. The van der Waals surface area contributed by atoms with Gasteiger partial charge in [0.1, 0.15) is 5.82 Å². The molecule has 1 heterocycles. The average molecular weight is 544 g/mol. The van der Waals surface area contributed by atoms with Gasteiger partial charge < -0.3 is 20.1 Å². The van der Waals surface area contributed by atoms with Crippen LogP contribution < -0.4 is 10.6 Å². The Kier molecular flexibility index (Phi) is 12.4. The highest BCUT2D eigenvalue weighted by Crippen LogP contribution is 2.16. The van der Waals surface area contributed by atoms with Crippen LogP contribution in [0.1, 0.15) is 24.8 Å². The summed E-state index contributed by atoms with van der Waals surface area (Å²) in [5.74, 6) is 0.524. The first-order valence-corrected chi connectivity index (χ1v) is 9.56. The summed E-state index contributed by atoms with van der Waals surface area (Å²) >= 11 is 3.21. The maximum absolute atomic E-state index is 13.2. The van der Waals surface area contributed by atoms with Crippen LogP contribution in [0.25, 0.3) is 0 Å². The van der Waals surface area contributed by atoms with Crippen LogP contribution in [0.3, 0.4) is 0 Å². The Morgan fingerprint density at radius 3 is 2.88 bits per heavy atom. The third kappa shape index (κ3) is 8.96. The van der Waals surface area contributed by atoms with Crippen molar-refractivity contribution < 1.29 is 13.9 Å². The first-order valence-electron chi connectivity index (χ1n) is 8.77. The van der Waals surface area contributed by atoms with E-state index in [1.807, 2.05) is 0 Å². The number of guanidine groups is 1. The van der Waals surface area contributed by atoms with Gasteiger partial charge in [-0.05, 0) is 59.3 Å². The SMILES string of the molecule is CN=C(NCCCOCC1CCCO1)NCCc1ccc(F)c(Br)c1.I. The van der Waals surface area contributed by atoms with Crippen molar-refractivity contribution in [3.63, 3.8) is 0 Å². The molecule has 8 heteroatoms. The summed E-state index contributed by atoms with van der Waals surface area (Å²) in [5, 5.41) is 6.52. The fourth-order valence-corrected chi connectivity index (χ4v) is 3.04. The van der Waals surface area contributed by atoms with Crippen molar-refractivity contribution in [3.8, 4) is 0 Å². The lowest BCUT2D eigenvalue weighted by atomic mass is 10.1. The number of nitrogens with one attached hydrogen (secondary N) is 2. The summed E-state index contributed by atoms with van der Waals surface area (Å²) in [7, 11) is 1.75. The van der Waals surface area contributed by atoms with E-state index in [4.69, 9.17) is 9.47 Å². The molecule has 1 aliphatic rings. The third-order valence-corrected chi connectivity index (χ3v) is 4.61. The molecule has 148 valence electrons. The number of hydrogen-bond donors (Lipinski definition) is 2. The molecule has 0 amide bonds. The normalized spacial score (nSPS) is 17.0. The van der Waals surface area contributed by atoms with Crippen LogP contribution in [0.15, 0.2) is 27.7 Å². The lowest BCUT2D eigenvalue weighted by molar-refractivity contribution is 0.0168. The number of halogens is 3. The van der Waals surface area contributed by atoms with Crippen LogP contribution in [-0.4, -0.2) is 52.0 Å². The molecule has 1 fully saturated rings. The molecule has 0 aliphatic carbocycles. The Bertz CT molecular complexity index is 557. The summed E-state index contributed by atoms with van der Waals surface area (Å²) in [5.41, 5.74) is 1.07. The van der Waals surface area contributed by atoms with Crippen molar-refractivity contribution in [3.05, 3.63) is 34.1 Å². The zero-order valence-corrected chi connectivity index (χ0v) is 19.0. The highest BCUT2D eigenvalue weighted by atomic mass is 127. The molecule has 26 heavy (non-hydrogen) atoms. The van der Waals surface area contributed by atoms with E-state index >= 15 is 0 Å². The van der Waals surface area contributed by atoms with E-state index in [0.29, 0.717) is 17.7 Å². The zero-order valence-electron chi connectivity index (χ0n) is 15.1. The Hall–Kier alpha value is -0.450. The Morgan fingerprint density at radius 2 is 2.19 bits per heavy atom. The second kappa shape index (κ2) is 13.7. The van der Waals surface area contributed by atoms with Gasteiger partial charge >= 0.3 is 0 Å². The minimum atomic E-state index is -0.240. The van der Waals surface area contributed by atoms with Crippen LogP contribution in [0, 0.1) is 5.82 Å². The molecule has 0 spiro atoms. The lowest BCUT2D eigenvalue weighted by Crippen LogP contribution is -2.39. The number of ether oxygens (including phenoxy) is 2. The molecule has 1 unspecified atom stereocenters. The predicted octanol–water partition coefficient (Wildman–Crippen LogP) is 3.50. The van der Waals surface area contributed by atoms with E-state index in [1.54, 1.807) is 19.2 Å². The van der Waals surface area contributed by atoms with Crippen molar-refractivity contribution in [2.75, 3.05) is 40.0 Å². The topological polar surface area (TPSA) is 54.9 Å². The van der Waals surface area contributed by atoms with Crippen molar-refractivity contribution in [1.29, 1.82) is 0 Å². The van der Waals surface area contributed by atoms with Gasteiger partial charge in [-0.3, -0.25) is 4.99 Å². The molecule has 1 saturated heterocycles. The largest absolute Gasteiger partial charge is 0.379 e. The molecule has 1 aromatic carbocycles. The molecule has 0 bridgehead atoms. The minimum absolute atomic E-state index is 0. The summed E-state index contributed by atoms with van der Waals surface area (Å²) < 4.78 is 24.9. The molecule has 1 aromatic rings. The molecule has 5 nitrogen and oxygen atoms in total. The van der Waals surface area contributed by atoms with E-state index in [1.165, 1.54) is 6.07 Å². The average Bonchev–Trinajstić information content (AvgIpc) is 3.12. The molecule has 1 aliphatic heterocycles. The molecule has 0 saturated carbocycles. The third-order valence-electron chi connectivity index (χ3n) is 4.00. The van der Waals surface area contributed by atoms with Gasteiger partial charge in [0.15, 0.2) is 5.96 Å². The summed E-state index contributed by atoms with van der Waals surface area (Å²) in [6.07, 6.45) is 4.25. The first kappa shape index (κ1) is 23.6. The second-order valence-corrected chi connectivity index (χ2v) is 6.84. The molecule has 2 rings (SSSR count). The van der Waals surface area contributed by atoms with E-state index in [2.05, 4.69) is 31.6 Å². The van der Waals surface area contributed by atoms with Gasteiger partial charge in [0, 0.05) is 33.4 Å². The van der Waals surface area contributed by atoms with Gasteiger partial charge in [-0.1, -0.05) is 6.07 Å². The van der Waals surface area contributed by atoms with E-state index < -0.39 is 0 Å². The molecule has 1 atom stereocenters. The highest BCUT2D eigenvalue weighted by Gasteiger charge is 2.14. The standard InChI is InChI=1S/C18H27BrFN3O2.HI/c1-21-18(22-8-3-10-24-13-15-4-2-11-25-15)23-9-7-14-5-6-17(20)16(19)12-14;/h5-6,12,15H,2-4,7-11,13H2,1H3,(H2,21,22,23);1H. The van der Waals surface area contributed by atoms with Crippen LogP contribution in [0.2, 0.25) is 0 Å². The smallest absolute Gasteiger partial charge is 0.190 e. The fourth-order valence-electron chi connectivity index (χ4n) is 2.61. The number of nitrogens with zero attached hydrogens (tertiary/aromatic N) is 1. The molecular weight excluding hydrogens is 516 g/mol. The maximum atomic E-state index is 13.2. The molecule has 0 radical (unpaired) electrons. The lowest BCUT2D eigenvalue weighted by Gasteiger charge is -2.13. The summed E-state index contributed by atoms with van der Waals surface area (Å²) in [6.45, 7) is 3.81. The van der Waals surface area contributed by atoms with E-state index in [0.717, 1.165) is 56.9 Å². The molecular formula is C18H28BrFIN3O2. The van der Waals surface area contributed by atoms with Gasteiger partial charge in [0.2, 0.25) is 0 Å². The monoisotopic (exact) mass is 543 g/mol. The van der Waals surface area contributed by atoms with Gasteiger partial charge in [0.25, 0.3) is 0 Å². The van der Waals surface area contributed by atoms with Crippen LogP contribution in [0.4, 0.5) is 4.39 Å². The van der Waals surface area contributed by atoms with E-state index in [9.17, 15) is 4.39 Å². The first-order chi connectivity index (χ1) is 12.2. The number of hydrogen-bond acceptors (Lipinski definition) is 3. The van der Waals surface area contributed by atoms with Crippen LogP contribution in [-0.2, 0) is 15.9 Å². The number of rotatable bonds is 9. The van der Waals surface area contributed by atoms with Gasteiger partial charge in [0.05, 0.1) is 17.2 Å². The minimum Gasteiger partial charge on any atom is -0.379 e. The van der Waals surface area contributed by atoms with Crippen molar-refractivity contribution in [2.45, 2.75) is 31.8 Å². The second-order valence-electron chi connectivity index (χ2n) is 5.99. The van der Waals surface area contributed by atoms with Crippen LogP contribution in [0.5, 0.6) is 0 Å². The molecule has 2 N–H and O–H groups in total. The van der Waals surface area contributed by atoms with Crippen molar-refractivity contribution in [1.82, 2.24) is 10.6 Å². The zero-order chi connectivity index (χ0) is 17.9. The Labute approximate surface area is 180 Å². The highest BCUT2D eigenvalue weighted by molar-refractivity contribution is 14.0. The summed E-state index contributed by atoms with van der Waals surface area (Å²) in [4.78, 5) is 4.20. The van der Waals surface area contributed by atoms with Crippen molar-refractivity contribution >= 4 is 45.9 Å². The van der Waals surface area contributed by atoms with Gasteiger partial charge in [-0.25, -0.2) is 4.39 Å². The van der Waals surface area contributed by atoms with Gasteiger partial charge in [-0.2, -0.15) is 0 Å². The quantitative estimate of drug-likeness (QED) is 0.217. The fraction of sp³-hybridized carbons (Fsp3) is 0.611. The Balaban J connectivity index is 0.00000338. The number of benzene rings is 1. The number of aliphatic imine (C=N–C) groups is 1. The predicted molar refractivity (Wildman–Crippen MR) is 117 cm³/mol. The summed E-state index contributed by atoms with van der Waals surface area (Å²) in [6, 6.07) is 5.07. The van der Waals surface area contributed by atoms with Crippen LogP contribution >= 0.6 is 39.9 Å².